The lowest BCUT2D eigenvalue weighted by Gasteiger charge is -2.23. The first kappa shape index (κ1) is 27.0. The minimum Gasteiger partial charge on any atom is -0.426 e. The average Bonchev–Trinajstić information content (AvgIpc) is 2.89. The van der Waals surface area contributed by atoms with Gasteiger partial charge in [0.15, 0.2) is 9.84 Å². The molecule has 2 atom stereocenters. The Bertz CT molecular complexity index is 1230. The molecule has 4 N–H and O–H groups in total. The molecular weight excluding hydrogens is 483 g/mol. The van der Waals surface area contributed by atoms with E-state index in [9.17, 15) is 28.1 Å². The van der Waals surface area contributed by atoms with Gasteiger partial charge in [-0.2, -0.15) is 0 Å². The normalized spacial score (nSPS) is 12.8. The number of nitrogens with zero attached hydrogens (tertiary/aromatic N) is 2. The summed E-state index contributed by atoms with van der Waals surface area (Å²) < 4.78 is 25.9. The molecule has 0 aliphatic heterocycles. The molecule has 2 amide bonds. The second-order valence-corrected chi connectivity index (χ2v) is 10.2. The van der Waals surface area contributed by atoms with E-state index in [0.29, 0.717) is 12.8 Å². The fourth-order valence-corrected chi connectivity index (χ4v) is 4.96. The monoisotopic (exact) mass is 510 g/mol. The Hall–Kier alpha value is -3.61. The number of aryl methyl sites for hydroxylation is 1. The molecule has 1 aromatic heterocycles. The fourth-order valence-electron chi connectivity index (χ4n) is 3.52. The van der Waals surface area contributed by atoms with Crippen LogP contribution in [0.4, 0.5) is 0 Å². The van der Waals surface area contributed by atoms with E-state index < -0.39 is 46.5 Å². The van der Waals surface area contributed by atoms with Crippen LogP contribution in [0, 0.1) is 0 Å². The second-order valence-electron chi connectivity index (χ2n) is 8.12. The molecule has 0 bridgehead atoms. The van der Waals surface area contributed by atoms with Crippen LogP contribution in [0.5, 0.6) is 0 Å². The lowest BCUT2D eigenvalue weighted by molar-refractivity contribution is -0.122. The first-order valence-electron chi connectivity index (χ1n) is 11.3. The van der Waals surface area contributed by atoms with Gasteiger partial charge in [-0.1, -0.05) is 48.5 Å². The van der Waals surface area contributed by atoms with Crippen molar-refractivity contribution in [1.29, 1.82) is 0 Å². The molecule has 0 aliphatic carbocycles. The van der Waals surface area contributed by atoms with Crippen molar-refractivity contribution in [3.8, 4) is 0 Å². The summed E-state index contributed by atoms with van der Waals surface area (Å²) in [5.41, 5.74) is 0.951. The number of nitrogens with one attached hydrogen (secondary N) is 2. The van der Waals surface area contributed by atoms with Crippen molar-refractivity contribution in [3.63, 3.8) is 0 Å². The summed E-state index contributed by atoms with van der Waals surface area (Å²) in [6.07, 6.45) is 5.23. The van der Waals surface area contributed by atoms with E-state index in [4.69, 9.17) is 0 Å². The first-order chi connectivity index (χ1) is 17.3. The number of amides is 2. The first-order valence-corrected chi connectivity index (χ1v) is 13.0. The number of carbonyl (C=O) groups excluding carboxylic acids is 2. The molecule has 12 heteroatoms. The van der Waals surface area contributed by atoms with Gasteiger partial charge in [0.2, 0.25) is 5.91 Å². The van der Waals surface area contributed by atoms with Crippen molar-refractivity contribution in [3.05, 3.63) is 90.5 Å². The molecule has 188 valence electrons. The Kier molecular flexibility index (Phi) is 9.68. The maximum Gasteiger partial charge on any atom is 0.475 e. The van der Waals surface area contributed by atoms with E-state index in [1.165, 1.54) is 30.7 Å². The van der Waals surface area contributed by atoms with E-state index in [0.717, 1.165) is 5.56 Å². The van der Waals surface area contributed by atoms with Gasteiger partial charge >= 0.3 is 7.12 Å². The highest BCUT2D eigenvalue weighted by Gasteiger charge is 2.33. The number of carbonyl (C=O) groups is 2. The molecule has 36 heavy (non-hydrogen) atoms. The van der Waals surface area contributed by atoms with Crippen molar-refractivity contribution in [2.24, 2.45) is 0 Å². The van der Waals surface area contributed by atoms with Crippen LogP contribution >= 0.6 is 0 Å². The van der Waals surface area contributed by atoms with Crippen LogP contribution in [0.2, 0.25) is 0 Å². The third-order valence-electron chi connectivity index (χ3n) is 5.42. The molecule has 1 heterocycles. The van der Waals surface area contributed by atoms with Gasteiger partial charge in [0, 0.05) is 12.4 Å². The van der Waals surface area contributed by atoms with E-state index in [2.05, 4.69) is 20.6 Å². The number of hydrogen-bond donors (Lipinski definition) is 4. The number of benzene rings is 2. The smallest absolute Gasteiger partial charge is 0.426 e. The van der Waals surface area contributed by atoms with E-state index >= 15 is 0 Å². The summed E-state index contributed by atoms with van der Waals surface area (Å²) >= 11 is 0. The lowest BCUT2D eigenvalue weighted by Crippen LogP contribution is -2.56. The number of rotatable bonds is 12. The molecular formula is C24H27BN4O6S. The molecule has 0 fully saturated rings. The van der Waals surface area contributed by atoms with Gasteiger partial charge in [0.1, 0.15) is 11.7 Å². The van der Waals surface area contributed by atoms with Crippen molar-refractivity contribution in [2.75, 3.05) is 5.75 Å². The zero-order chi connectivity index (χ0) is 26.0. The van der Waals surface area contributed by atoms with Crippen LogP contribution in [0.1, 0.15) is 28.9 Å². The van der Waals surface area contributed by atoms with Crippen LogP contribution in [0.25, 0.3) is 0 Å². The van der Waals surface area contributed by atoms with Gasteiger partial charge in [0.25, 0.3) is 5.91 Å². The molecule has 1 unspecified atom stereocenters. The van der Waals surface area contributed by atoms with Crippen molar-refractivity contribution in [1.82, 2.24) is 20.6 Å². The Morgan fingerprint density at radius 1 is 0.944 bits per heavy atom. The maximum absolute atomic E-state index is 13.1. The van der Waals surface area contributed by atoms with Crippen LogP contribution in [0.15, 0.2) is 84.1 Å². The number of aromatic nitrogens is 2. The highest BCUT2D eigenvalue weighted by molar-refractivity contribution is 7.91. The summed E-state index contributed by atoms with van der Waals surface area (Å²) in [5, 5.41) is 24.5. The Balaban J connectivity index is 1.74. The topological polar surface area (TPSA) is 159 Å². The van der Waals surface area contributed by atoms with E-state index in [1.807, 2.05) is 30.3 Å². The summed E-state index contributed by atoms with van der Waals surface area (Å²) in [6.45, 7) is 0. The zero-order valence-corrected chi connectivity index (χ0v) is 20.2. The number of hydrogen-bond acceptors (Lipinski definition) is 8. The molecule has 10 nitrogen and oxygen atoms in total. The van der Waals surface area contributed by atoms with Gasteiger partial charge in [-0.15, -0.1) is 0 Å². The highest BCUT2D eigenvalue weighted by atomic mass is 32.2. The van der Waals surface area contributed by atoms with Crippen molar-refractivity contribution in [2.45, 2.75) is 36.1 Å². The molecule has 2 aromatic carbocycles. The van der Waals surface area contributed by atoms with Crippen molar-refractivity contribution < 1.29 is 28.1 Å². The standard InChI is InChI=1S/C24H27BN4O6S/c30-23(20-16-26-14-15-27-20)28-21(17-36(34,35)19-11-5-2-6-12-19)24(31)29-22(25(32)33)13-7-10-18-8-3-1-4-9-18/h1-6,8-9,11-12,14-16,21-22,32-33H,7,10,13,17H2,(H,28,30)(H,29,31)/t21?,22-/m0/s1. The Morgan fingerprint density at radius 3 is 2.22 bits per heavy atom. The zero-order valence-electron chi connectivity index (χ0n) is 19.4. The molecule has 3 aromatic rings. The largest absolute Gasteiger partial charge is 0.475 e. The average molecular weight is 510 g/mol. The summed E-state index contributed by atoms with van der Waals surface area (Å²) in [6, 6.07) is 15.6. The third kappa shape index (κ3) is 7.97. The maximum atomic E-state index is 13.1. The molecule has 3 rings (SSSR count). The molecule has 0 spiro atoms. The van der Waals surface area contributed by atoms with Crippen LogP contribution in [0.3, 0.4) is 0 Å². The highest BCUT2D eigenvalue weighted by Crippen LogP contribution is 2.13. The van der Waals surface area contributed by atoms with Gasteiger partial charge in [-0.05, 0) is 37.0 Å². The van der Waals surface area contributed by atoms with Crippen LogP contribution in [-0.4, -0.2) is 65.1 Å². The summed E-state index contributed by atoms with van der Waals surface area (Å²) in [4.78, 5) is 33.4. The molecule has 0 saturated carbocycles. The fraction of sp³-hybridized carbons (Fsp3) is 0.250. The van der Waals surface area contributed by atoms with Gasteiger partial charge in [0.05, 0.1) is 22.8 Å². The van der Waals surface area contributed by atoms with Gasteiger partial charge in [-0.25, -0.2) is 13.4 Å². The van der Waals surface area contributed by atoms with Crippen LogP contribution < -0.4 is 10.6 Å². The quantitative estimate of drug-likeness (QED) is 0.258. The molecule has 0 radical (unpaired) electrons. The number of sulfone groups is 1. The Labute approximate surface area is 209 Å². The van der Waals surface area contributed by atoms with Crippen molar-refractivity contribution >= 4 is 28.8 Å². The second kappa shape index (κ2) is 12.9. The third-order valence-corrected chi connectivity index (χ3v) is 7.18. The van der Waals surface area contributed by atoms with Gasteiger partial charge < -0.3 is 20.7 Å². The van der Waals surface area contributed by atoms with Crippen LogP contribution in [-0.2, 0) is 21.1 Å². The Morgan fingerprint density at radius 2 is 1.61 bits per heavy atom. The predicted octanol–water partition coefficient (Wildman–Crippen LogP) is 0.569. The minimum atomic E-state index is -3.98. The predicted molar refractivity (Wildman–Crippen MR) is 133 cm³/mol. The molecule has 0 saturated heterocycles. The lowest BCUT2D eigenvalue weighted by atomic mass is 9.76. The van der Waals surface area contributed by atoms with E-state index in [-0.39, 0.29) is 17.0 Å². The SMILES string of the molecule is O=C(NC(CS(=O)(=O)c1ccccc1)C(=O)N[C@@H](CCCc1ccccc1)B(O)O)c1cnccn1. The minimum absolute atomic E-state index is 0.0156. The summed E-state index contributed by atoms with van der Waals surface area (Å²) in [7, 11) is -5.86. The van der Waals surface area contributed by atoms with Gasteiger partial charge in [-0.3, -0.25) is 14.6 Å². The van der Waals surface area contributed by atoms with E-state index in [1.54, 1.807) is 18.2 Å². The molecule has 0 aliphatic rings. The summed E-state index contributed by atoms with van der Waals surface area (Å²) in [5.74, 6) is -3.48.